The minimum atomic E-state index is -0.00898. The van der Waals surface area contributed by atoms with Crippen LogP contribution >= 0.6 is 0 Å². The van der Waals surface area contributed by atoms with Gasteiger partial charge in [0.1, 0.15) is 5.75 Å². The number of nitrogens with two attached hydrogens (primary N) is 1. The summed E-state index contributed by atoms with van der Waals surface area (Å²) in [7, 11) is 3.42. The van der Waals surface area contributed by atoms with E-state index in [9.17, 15) is 0 Å². The number of hydrogen-bond donors (Lipinski definition) is 2. The predicted molar refractivity (Wildman–Crippen MR) is 110 cm³/mol. The van der Waals surface area contributed by atoms with Gasteiger partial charge in [0.15, 0.2) is 5.96 Å². The van der Waals surface area contributed by atoms with Crippen molar-refractivity contribution in [3.05, 3.63) is 59.7 Å². The van der Waals surface area contributed by atoms with Crippen LogP contribution in [0, 0.1) is 0 Å². The molecule has 1 saturated carbocycles. The molecular formula is C22H29N3O2. The van der Waals surface area contributed by atoms with Crippen LogP contribution in [0.15, 0.2) is 53.5 Å². The monoisotopic (exact) mass is 367 g/mol. The molecule has 1 fully saturated rings. The molecule has 0 aromatic heterocycles. The van der Waals surface area contributed by atoms with Gasteiger partial charge in [-0.15, -0.1) is 0 Å². The minimum absolute atomic E-state index is 0.00898. The zero-order valence-corrected chi connectivity index (χ0v) is 16.2. The molecule has 0 bridgehead atoms. The molecule has 0 atom stereocenters. The maximum atomic E-state index is 6.22. The first kappa shape index (κ1) is 19.2. The van der Waals surface area contributed by atoms with E-state index in [1.165, 1.54) is 18.4 Å². The van der Waals surface area contributed by atoms with Crippen molar-refractivity contribution in [3.8, 4) is 5.75 Å². The fourth-order valence-corrected chi connectivity index (χ4v) is 3.98. The Morgan fingerprint density at radius 1 is 1.07 bits per heavy atom. The summed E-state index contributed by atoms with van der Waals surface area (Å²) in [6.45, 7) is 1.18. The van der Waals surface area contributed by atoms with Crippen LogP contribution < -0.4 is 15.8 Å². The number of rotatable bonds is 7. The number of anilines is 1. The van der Waals surface area contributed by atoms with Gasteiger partial charge in [0.25, 0.3) is 0 Å². The second kappa shape index (κ2) is 8.91. The number of ether oxygens (including phenoxy) is 2. The largest absolute Gasteiger partial charge is 0.496 e. The highest BCUT2D eigenvalue weighted by molar-refractivity contribution is 5.93. The Hall–Kier alpha value is -2.53. The van der Waals surface area contributed by atoms with E-state index in [4.69, 9.17) is 20.2 Å². The van der Waals surface area contributed by atoms with Crippen LogP contribution in [0.2, 0.25) is 0 Å². The van der Waals surface area contributed by atoms with E-state index in [1.54, 1.807) is 14.2 Å². The first-order valence-electron chi connectivity index (χ1n) is 9.46. The summed E-state index contributed by atoms with van der Waals surface area (Å²) in [6, 6.07) is 16.2. The Kier molecular flexibility index (Phi) is 6.35. The van der Waals surface area contributed by atoms with Gasteiger partial charge in [0, 0.05) is 29.3 Å². The Morgan fingerprint density at radius 3 is 2.52 bits per heavy atom. The molecule has 3 rings (SSSR count). The SMILES string of the molecule is COCc1ccccc1NC(N)=NCC1(c2ccccc2OC)CCCC1. The molecule has 2 aromatic carbocycles. The normalized spacial score (nSPS) is 16.3. The smallest absolute Gasteiger partial charge is 0.193 e. The Bertz CT molecular complexity index is 783. The number of nitrogens with zero attached hydrogens (tertiary/aromatic N) is 1. The Labute approximate surface area is 161 Å². The van der Waals surface area contributed by atoms with E-state index < -0.39 is 0 Å². The average Bonchev–Trinajstić information content (AvgIpc) is 3.18. The van der Waals surface area contributed by atoms with Crippen LogP contribution in [0.4, 0.5) is 5.69 Å². The van der Waals surface area contributed by atoms with Crippen molar-refractivity contribution in [3.63, 3.8) is 0 Å². The number of guanidine groups is 1. The number of nitrogens with one attached hydrogen (secondary N) is 1. The van der Waals surface area contributed by atoms with Crippen molar-refractivity contribution in [1.29, 1.82) is 0 Å². The van der Waals surface area contributed by atoms with Crippen LogP contribution in [0.1, 0.15) is 36.8 Å². The number of methoxy groups -OCH3 is 2. The number of benzene rings is 2. The topological polar surface area (TPSA) is 68.9 Å². The van der Waals surface area contributed by atoms with E-state index in [1.807, 2.05) is 36.4 Å². The molecule has 144 valence electrons. The minimum Gasteiger partial charge on any atom is -0.496 e. The molecule has 3 N–H and O–H groups in total. The molecule has 5 heteroatoms. The van der Waals surface area contributed by atoms with Crippen LogP contribution in [0.5, 0.6) is 5.75 Å². The van der Waals surface area contributed by atoms with Gasteiger partial charge >= 0.3 is 0 Å². The van der Waals surface area contributed by atoms with Crippen LogP contribution in [-0.4, -0.2) is 26.7 Å². The van der Waals surface area contributed by atoms with E-state index in [-0.39, 0.29) is 5.41 Å². The lowest BCUT2D eigenvalue weighted by atomic mass is 9.78. The summed E-state index contributed by atoms with van der Waals surface area (Å²) < 4.78 is 10.9. The Morgan fingerprint density at radius 2 is 1.78 bits per heavy atom. The summed E-state index contributed by atoms with van der Waals surface area (Å²) in [4.78, 5) is 4.71. The first-order valence-corrected chi connectivity index (χ1v) is 9.46. The van der Waals surface area contributed by atoms with Crippen LogP contribution in [-0.2, 0) is 16.8 Å². The average molecular weight is 367 g/mol. The molecule has 1 aliphatic carbocycles. The maximum Gasteiger partial charge on any atom is 0.193 e. The van der Waals surface area contributed by atoms with Gasteiger partial charge in [-0.25, -0.2) is 0 Å². The molecule has 0 saturated heterocycles. The molecule has 0 aliphatic heterocycles. The zero-order valence-electron chi connectivity index (χ0n) is 16.2. The van der Waals surface area contributed by atoms with Crippen molar-refractivity contribution >= 4 is 11.6 Å². The maximum absolute atomic E-state index is 6.22. The summed E-state index contributed by atoms with van der Waals surface area (Å²) in [5, 5.41) is 3.23. The molecule has 0 spiro atoms. The Balaban J connectivity index is 1.80. The fourth-order valence-electron chi connectivity index (χ4n) is 3.98. The van der Waals surface area contributed by atoms with Gasteiger partial charge < -0.3 is 20.5 Å². The van der Waals surface area contributed by atoms with Crippen molar-refractivity contribution in [2.45, 2.75) is 37.7 Å². The molecule has 27 heavy (non-hydrogen) atoms. The van der Waals surface area contributed by atoms with E-state index in [2.05, 4.69) is 17.4 Å². The lowest BCUT2D eigenvalue weighted by Gasteiger charge is -2.29. The third-order valence-corrected chi connectivity index (χ3v) is 5.37. The van der Waals surface area contributed by atoms with Gasteiger partial charge in [0.05, 0.1) is 20.3 Å². The molecule has 0 amide bonds. The highest BCUT2D eigenvalue weighted by Crippen LogP contribution is 2.44. The number of hydrogen-bond acceptors (Lipinski definition) is 3. The molecular weight excluding hydrogens is 338 g/mol. The van der Waals surface area contributed by atoms with E-state index >= 15 is 0 Å². The van der Waals surface area contributed by atoms with Crippen molar-refractivity contribution in [1.82, 2.24) is 0 Å². The lowest BCUT2D eigenvalue weighted by molar-refractivity contribution is 0.185. The number of aliphatic imine (C=N–C) groups is 1. The van der Waals surface area contributed by atoms with Crippen LogP contribution in [0.3, 0.4) is 0 Å². The second-order valence-corrected chi connectivity index (χ2v) is 7.10. The molecule has 2 aromatic rings. The van der Waals surface area contributed by atoms with Crippen molar-refractivity contribution in [2.24, 2.45) is 10.7 Å². The summed E-state index contributed by atoms with van der Waals surface area (Å²) >= 11 is 0. The third kappa shape index (κ3) is 4.42. The van der Waals surface area contributed by atoms with Crippen LogP contribution in [0.25, 0.3) is 0 Å². The summed E-state index contributed by atoms with van der Waals surface area (Å²) in [6.07, 6.45) is 4.62. The first-order chi connectivity index (χ1) is 13.2. The van der Waals surface area contributed by atoms with E-state index in [0.717, 1.165) is 29.8 Å². The number of para-hydroxylation sites is 2. The molecule has 0 unspecified atom stereocenters. The quantitative estimate of drug-likeness (QED) is 0.571. The van der Waals surface area contributed by atoms with Gasteiger partial charge in [-0.05, 0) is 25.0 Å². The predicted octanol–water partition coefficient (Wildman–Crippen LogP) is 4.08. The molecule has 0 heterocycles. The standard InChI is InChI=1S/C22H29N3O2/c1-26-15-17-9-3-5-11-19(17)25-21(23)24-16-22(13-7-8-14-22)18-10-4-6-12-20(18)27-2/h3-6,9-12H,7-8,13-16H2,1-2H3,(H3,23,24,25). The van der Waals surface area contributed by atoms with Gasteiger partial charge in [-0.2, -0.15) is 0 Å². The third-order valence-electron chi connectivity index (χ3n) is 5.37. The molecule has 5 nitrogen and oxygen atoms in total. The molecule has 1 aliphatic rings. The highest BCUT2D eigenvalue weighted by Gasteiger charge is 2.37. The van der Waals surface area contributed by atoms with Crippen molar-refractivity contribution in [2.75, 3.05) is 26.1 Å². The molecule has 0 radical (unpaired) electrons. The zero-order chi connectivity index (χ0) is 19.1. The summed E-state index contributed by atoms with van der Waals surface area (Å²) in [5.74, 6) is 1.37. The van der Waals surface area contributed by atoms with Gasteiger partial charge in [-0.1, -0.05) is 49.2 Å². The summed E-state index contributed by atoms with van der Waals surface area (Å²) in [5.41, 5.74) is 9.43. The van der Waals surface area contributed by atoms with E-state index in [0.29, 0.717) is 19.1 Å². The lowest BCUT2D eigenvalue weighted by Crippen LogP contribution is -2.30. The van der Waals surface area contributed by atoms with Gasteiger partial charge in [0.2, 0.25) is 0 Å². The van der Waals surface area contributed by atoms with Gasteiger partial charge in [-0.3, -0.25) is 4.99 Å². The highest BCUT2D eigenvalue weighted by atomic mass is 16.5. The van der Waals surface area contributed by atoms with Crippen molar-refractivity contribution < 1.29 is 9.47 Å². The fraction of sp³-hybridized carbons (Fsp3) is 0.409. The second-order valence-electron chi connectivity index (χ2n) is 7.10.